The van der Waals surface area contributed by atoms with Gasteiger partial charge < -0.3 is 11.5 Å². The lowest BCUT2D eigenvalue weighted by molar-refractivity contribution is 0.619. The molecule has 2 aromatic heterocycles. The number of fused-ring (bicyclic) bond motifs is 1. The number of hydrogen-bond donors (Lipinski definition) is 2. The number of nitrogen functional groups attached to an aromatic ring is 1. The normalized spacial score (nSPS) is 8.88. The molecule has 3 aromatic rings. The number of aryl methyl sites for hydroxylation is 1. The molecule has 0 saturated heterocycles. The summed E-state index contributed by atoms with van der Waals surface area (Å²) >= 11 is 0. The Morgan fingerprint density at radius 1 is 1.00 bits per heavy atom. The minimum absolute atomic E-state index is 0.236. The van der Waals surface area contributed by atoms with Crippen molar-refractivity contribution in [2.24, 2.45) is 5.73 Å². The van der Waals surface area contributed by atoms with E-state index in [1.165, 1.54) is 13.1 Å². The van der Waals surface area contributed by atoms with Crippen LogP contribution in [0.4, 0.5) is 10.2 Å². The van der Waals surface area contributed by atoms with E-state index in [2.05, 4.69) is 33.8 Å². The van der Waals surface area contributed by atoms with Crippen molar-refractivity contribution >= 4 is 17.0 Å². The third-order valence-corrected chi connectivity index (χ3v) is 2.88. The summed E-state index contributed by atoms with van der Waals surface area (Å²) in [6, 6.07) is 8.27. The van der Waals surface area contributed by atoms with Crippen LogP contribution in [0.15, 0.2) is 49.7 Å². The van der Waals surface area contributed by atoms with Gasteiger partial charge in [0.2, 0.25) is 0 Å². The number of nitrogens with zero attached hydrogens (tertiary/aromatic N) is 3. The average molecular weight is 343 g/mol. The van der Waals surface area contributed by atoms with Crippen LogP contribution in [0.25, 0.3) is 22.4 Å². The van der Waals surface area contributed by atoms with Gasteiger partial charge >= 0.3 is 0 Å². The van der Waals surface area contributed by atoms with Crippen LogP contribution in [0.5, 0.6) is 0 Å². The Bertz CT molecular complexity index is 790. The first kappa shape index (κ1) is 22.1. The van der Waals surface area contributed by atoms with Gasteiger partial charge in [-0.05, 0) is 49.9 Å². The molecular weight excluding hydrogens is 317 g/mol. The molecule has 6 heteroatoms. The summed E-state index contributed by atoms with van der Waals surface area (Å²) in [6.45, 7) is 11.7. The smallest absolute Gasteiger partial charge is 0.180 e. The molecule has 0 spiro atoms. The fourth-order valence-corrected chi connectivity index (χ4v) is 1.86. The Labute approximate surface area is 148 Å². The van der Waals surface area contributed by atoms with Crippen molar-refractivity contribution in [3.8, 4) is 11.3 Å². The third-order valence-electron chi connectivity index (χ3n) is 2.88. The van der Waals surface area contributed by atoms with Gasteiger partial charge in [-0.3, -0.25) is 4.98 Å². The predicted octanol–water partition coefficient (Wildman–Crippen LogP) is 4.12. The molecule has 5 nitrogen and oxygen atoms in total. The molecule has 2 heterocycles. The molecule has 0 aliphatic heterocycles. The second kappa shape index (κ2) is 11.6. The lowest BCUT2D eigenvalue weighted by Gasteiger charge is -2.04. The molecule has 0 atom stereocenters. The van der Waals surface area contributed by atoms with Crippen molar-refractivity contribution in [2.45, 2.75) is 20.8 Å². The zero-order valence-electron chi connectivity index (χ0n) is 15.3. The number of rotatable bonds is 1. The Kier molecular flexibility index (Phi) is 10.3. The van der Waals surface area contributed by atoms with E-state index in [-0.39, 0.29) is 5.82 Å². The van der Waals surface area contributed by atoms with Gasteiger partial charge in [-0.15, -0.1) is 13.2 Å². The third kappa shape index (κ3) is 5.93. The highest BCUT2D eigenvalue weighted by Gasteiger charge is 2.06. The number of nitrogens with two attached hydrogens (primary N) is 2. The molecule has 0 bridgehead atoms. The van der Waals surface area contributed by atoms with E-state index in [0.717, 1.165) is 5.56 Å². The molecule has 0 saturated carbocycles. The summed E-state index contributed by atoms with van der Waals surface area (Å²) in [4.78, 5) is 12.8. The number of halogens is 1. The predicted molar refractivity (Wildman–Crippen MR) is 105 cm³/mol. The zero-order valence-corrected chi connectivity index (χ0v) is 15.3. The highest BCUT2D eigenvalue weighted by atomic mass is 19.1. The maximum Gasteiger partial charge on any atom is 0.180 e. The van der Waals surface area contributed by atoms with E-state index in [1.54, 1.807) is 37.4 Å². The Morgan fingerprint density at radius 3 is 2.24 bits per heavy atom. The summed E-state index contributed by atoms with van der Waals surface area (Å²) < 4.78 is 13.3. The number of anilines is 1. The Morgan fingerprint density at radius 2 is 1.64 bits per heavy atom. The summed E-state index contributed by atoms with van der Waals surface area (Å²) in [5, 5.41) is 0. The molecule has 0 aliphatic rings. The monoisotopic (exact) mass is 343 g/mol. The molecule has 0 radical (unpaired) electrons. The van der Waals surface area contributed by atoms with Crippen LogP contribution in [0.3, 0.4) is 0 Å². The summed E-state index contributed by atoms with van der Waals surface area (Å²) in [7, 11) is 1.50. The molecule has 3 rings (SSSR count). The van der Waals surface area contributed by atoms with Crippen molar-refractivity contribution in [3.05, 3.63) is 61.1 Å². The lowest BCUT2D eigenvalue weighted by atomic mass is 10.1. The number of pyridine rings is 1. The van der Waals surface area contributed by atoms with Gasteiger partial charge in [0.15, 0.2) is 5.65 Å². The topological polar surface area (TPSA) is 90.7 Å². The van der Waals surface area contributed by atoms with Gasteiger partial charge in [0, 0.05) is 5.56 Å². The van der Waals surface area contributed by atoms with Crippen molar-refractivity contribution in [1.29, 1.82) is 0 Å². The van der Waals surface area contributed by atoms with Gasteiger partial charge in [0.1, 0.15) is 17.2 Å². The minimum atomic E-state index is -0.236. The summed E-state index contributed by atoms with van der Waals surface area (Å²) in [5.41, 5.74) is 13.3. The quantitative estimate of drug-likeness (QED) is 0.648. The second-order valence-electron chi connectivity index (χ2n) is 4.30. The van der Waals surface area contributed by atoms with Crippen molar-refractivity contribution in [1.82, 2.24) is 15.0 Å². The van der Waals surface area contributed by atoms with Gasteiger partial charge in [-0.2, -0.15) is 0 Å². The zero-order chi connectivity index (χ0) is 19.4. The molecule has 0 amide bonds. The molecule has 0 aliphatic carbocycles. The van der Waals surface area contributed by atoms with E-state index in [9.17, 15) is 4.39 Å². The first-order chi connectivity index (χ1) is 12.1. The van der Waals surface area contributed by atoms with E-state index in [4.69, 9.17) is 5.73 Å². The maximum absolute atomic E-state index is 13.3. The SMILES string of the molecule is C=C.CC.CN.Cc1cc(-c2cnc3ccc(N)nc3n2)ccc1F. The molecule has 25 heavy (non-hydrogen) atoms. The van der Waals surface area contributed by atoms with Crippen LogP contribution in [0.1, 0.15) is 19.4 Å². The van der Waals surface area contributed by atoms with Crippen LogP contribution in [-0.4, -0.2) is 22.0 Å². The van der Waals surface area contributed by atoms with Crippen LogP contribution in [0, 0.1) is 12.7 Å². The first-order valence-electron chi connectivity index (χ1n) is 7.87. The van der Waals surface area contributed by atoms with Gasteiger partial charge in [-0.1, -0.05) is 13.8 Å². The van der Waals surface area contributed by atoms with E-state index in [0.29, 0.717) is 28.2 Å². The highest BCUT2D eigenvalue weighted by Crippen LogP contribution is 2.21. The highest BCUT2D eigenvalue weighted by molar-refractivity contribution is 5.74. The van der Waals surface area contributed by atoms with Crippen LogP contribution >= 0.6 is 0 Å². The molecular formula is C19H26FN5. The minimum Gasteiger partial charge on any atom is -0.384 e. The molecule has 134 valence electrons. The fraction of sp³-hybridized carbons (Fsp3) is 0.211. The van der Waals surface area contributed by atoms with Crippen molar-refractivity contribution in [2.75, 3.05) is 12.8 Å². The van der Waals surface area contributed by atoms with Gasteiger partial charge in [0.25, 0.3) is 0 Å². The maximum atomic E-state index is 13.3. The van der Waals surface area contributed by atoms with E-state index >= 15 is 0 Å². The molecule has 0 fully saturated rings. The van der Waals surface area contributed by atoms with Crippen molar-refractivity contribution < 1.29 is 4.39 Å². The van der Waals surface area contributed by atoms with Gasteiger partial charge in [0.05, 0.1) is 11.9 Å². The van der Waals surface area contributed by atoms with Crippen LogP contribution in [-0.2, 0) is 0 Å². The Balaban J connectivity index is 0.000000871. The lowest BCUT2D eigenvalue weighted by Crippen LogP contribution is -1.95. The number of hydrogen-bond acceptors (Lipinski definition) is 5. The standard InChI is InChI=1S/C14H11FN4.C2H6.C2H4.CH5N/c1-8-6-9(2-3-10(8)15)12-7-17-11-4-5-13(16)19-14(11)18-12;3*1-2/h2-7H,1H3,(H2,16,18,19);1-2H3;1-2H2;2H2,1H3. The number of aromatic nitrogens is 3. The molecule has 0 unspecified atom stereocenters. The second-order valence-corrected chi connectivity index (χ2v) is 4.30. The number of benzene rings is 1. The van der Waals surface area contributed by atoms with E-state index < -0.39 is 0 Å². The molecule has 4 N–H and O–H groups in total. The largest absolute Gasteiger partial charge is 0.384 e. The Hall–Kier alpha value is -2.86. The first-order valence-corrected chi connectivity index (χ1v) is 7.87. The van der Waals surface area contributed by atoms with Crippen molar-refractivity contribution in [3.63, 3.8) is 0 Å². The average Bonchev–Trinajstić information content (AvgIpc) is 2.68. The van der Waals surface area contributed by atoms with Crippen LogP contribution < -0.4 is 11.5 Å². The van der Waals surface area contributed by atoms with E-state index in [1.807, 2.05) is 13.8 Å². The molecule has 1 aromatic carbocycles. The summed E-state index contributed by atoms with van der Waals surface area (Å²) in [5.74, 6) is 0.161. The van der Waals surface area contributed by atoms with Crippen LogP contribution in [0.2, 0.25) is 0 Å². The fourth-order valence-electron chi connectivity index (χ4n) is 1.86. The van der Waals surface area contributed by atoms with Gasteiger partial charge in [-0.25, -0.2) is 14.4 Å². The summed E-state index contributed by atoms with van der Waals surface area (Å²) in [6.07, 6.45) is 1.65.